The molecule has 2 aromatic carbocycles. The molecule has 150 valence electrons. The summed E-state index contributed by atoms with van der Waals surface area (Å²) in [7, 11) is 0. The van der Waals surface area contributed by atoms with Crippen LogP contribution in [0.2, 0.25) is 0 Å². The number of benzene rings is 2. The lowest BCUT2D eigenvalue weighted by molar-refractivity contribution is -0.186. The number of aldehydes is 1. The van der Waals surface area contributed by atoms with E-state index < -0.39 is 30.0 Å². The smallest absolute Gasteiger partial charge is 0.353 e. The lowest BCUT2D eigenvalue weighted by Crippen LogP contribution is -2.30. The summed E-state index contributed by atoms with van der Waals surface area (Å²) in [6.45, 7) is 0.542. The molecule has 0 N–H and O–H groups in total. The molecular weight excluding hydrogens is 376 g/mol. The third kappa shape index (κ3) is 5.17. The second-order valence-electron chi connectivity index (χ2n) is 6.70. The van der Waals surface area contributed by atoms with Gasteiger partial charge in [-0.25, -0.2) is 4.39 Å². The Balaban J connectivity index is 1.83. The molecule has 3 nitrogen and oxygen atoms in total. The Bertz CT molecular complexity index is 796. The summed E-state index contributed by atoms with van der Waals surface area (Å²) >= 11 is 0. The second-order valence-corrected chi connectivity index (χ2v) is 6.70. The van der Waals surface area contributed by atoms with Crippen molar-refractivity contribution in [3.8, 4) is 11.1 Å². The molecule has 1 saturated heterocycles. The highest BCUT2D eigenvalue weighted by atomic mass is 19.4. The van der Waals surface area contributed by atoms with E-state index in [0.717, 1.165) is 31.0 Å². The first-order valence-electron chi connectivity index (χ1n) is 9.05. The average molecular weight is 396 g/mol. The molecule has 1 aliphatic heterocycles. The Morgan fingerprint density at radius 3 is 2.50 bits per heavy atom. The van der Waals surface area contributed by atoms with E-state index in [1.807, 2.05) is 0 Å². The zero-order chi connectivity index (χ0) is 20.1. The summed E-state index contributed by atoms with van der Waals surface area (Å²) in [6, 6.07) is 8.71. The van der Waals surface area contributed by atoms with Gasteiger partial charge in [0.05, 0.1) is 5.56 Å². The second kappa shape index (κ2) is 8.84. The molecule has 7 heteroatoms. The Kier molecular flexibility index (Phi) is 6.46. The molecule has 0 amide bonds. The molecule has 0 saturated carbocycles. The standard InChI is InChI=1S/C21H20F4O3/c22-16-7-5-15(6-8-16)18-9-4-14(12-19(18)21(23,24)25)11-17(13-26)28-20-3-1-2-10-27-20/h4-9,12-13,17,20H,1-3,10-11H2/t17-,20?/m0/s1. The highest BCUT2D eigenvalue weighted by molar-refractivity contribution is 5.69. The minimum absolute atomic E-state index is 0.0101. The Morgan fingerprint density at radius 1 is 1.14 bits per heavy atom. The van der Waals surface area contributed by atoms with Crippen LogP contribution in [0.25, 0.3) is 11.1 Å². The average Bonchev–Trinajstić information content (AvgIpc) is 2.68. The third-order valence-electron chi connectivity index (χ3n) is 4.60. The molecule has 1 heterocycles. The predicted molar refractivity (Wildman–Crippen MR) is 95.1 cm³/mol. The van der Waals surface area contributed by atoms with E-state index in [4.69, 9.17) is 9.47 Å². The molecular formula is C21H20F4O3. The van der Waals surface area contributed by atoms with Crippen LogP contribution in [0.15, 0.2) is 42.5 Å². The van der Waals surface area contributed by atoms with Gasteiger partial charge in [0.2, 0.25) is 0 Å². The van der Waals surface area contributed by atoms with Gasteiger partial charge in [0.15, 0.2) is 6.29 Å². The maximum absolute atomic E-state index is 13.6. The lowest BCUT2D eigenvalue weighted by atomic mass is 9.95. The van der Waals surface area contributed by atoms with Crippen molar-refractivity contribution in [2.45, 2.75) is 44.3 Å². The summed E-state index contributed by atoms with van der Waals surface area (Å²) in [5.41, 5.74) is -0.296. The summed E-state index contributed by atoms with van der Waals surface area (Å²) in [5, 5.41) is 0. The molecule has 2 atom stereocenters. The van der Waals surface area contributed by atoms with Crippen LogP contribution in [0, 0.1) is 5.82 Å². The number of hydrogen-bond donors (Lipinski definition) is 0. The minimum Gasteiger partial charge on any atom is -0.353 e. The van der Waals surface area contributed by atoms with Crippen LogP contribution in [-0.2, 0) is 26.9 Å². The van der Waals surface area contributed by atoms with Gasteiger partial charge in [-0.1, -0.05) is 24.3 Å². The summed E-state index contributed by atoms with van der Waals surface area (Å²) in [4.78, 5) is 11.3. The largest absolute Gasteiger partial charge is 0.417 e. The van der Waals surface area contributed by atoms with E-state index in [2.05, 4.69) is 0 Å². The highest BCUT2D eigenvalue weighted by Crippen LogP contribution is 2.38. The molecule has 0 bridgehead atoms. The highest BCUT2D eigenvalue weighted by Gasteiger charge is 2.34. The number of alkyl halides is 3. The molecule has 0 aromatic heterocycles. The Hall–Kier alpha value is -2.25. The fourth-order valence-electron chi connectivity index (χ4n) is 3.21. The van der Waals surface area contributed by atoms with E-state index in [0.29, 0.717) is 24.9 Å². The molecule has 2 aromatic rings. The summed E-state index contributed by atoms with van der Waals surface area (Å²) in [6.07, 6.45) is -2.90. The van der Waals surface area contributed by atoms with E-state index in [-0.39, 0.29) is 17.5 Å². The van der Waals surface area contributed by atoms with Crippen molar-refractivity contribution >= 4 is 6.29 Å². The predicted octanol–water partition coefficient (Wildman–Crippen LogP) is 5.16. The first kappa shape index (κ1) is 20.5. The van der Waals surface area contributed by atoms with Gasteiger partial charge in [-0.15, -0.1) is 0 Å². The van der Waals surface area contributed by atoms with Gasteiger partial charge in [-0.2, -0.15) is 13.2 Å². The number of halogens is 4. The topological polar surface area (TPSA) is 35.5 Å². The van der Waals surface area contributed by atoms with Crippen LogP contribution in [0.1, 0.15) is 30.4 Å². The zero-order valence-corrected chi connectivity index (χ0v) is 15.0. The van der Waals surface area contributed by atoms with E-state index in [1.165, 1.54) is 24.3 Å². The number of hydrogen-bond acceptors (Lipinski definition) is 3. The van der Waals surface area contributed by atoms with Crippen molar-refractivity contribution in [1.82, 2.24) is 0 Å². The molecule has 0 spiro atoms. The first-order chi connectivity index (χ1) is 13.4. The third-order valence-corrected chi connectivity index (χ3v) is 4.60. The van der Waals surface area contributed by atoms with Crippen LogP contribution in [-0.4, -0.2) is 25.3 Å². The number of carbonyl (C=O) groups excluding carboxylic acids is 1. The molecule has 0 aliphatic carbocycles. The number of carbonyl (C=O) groups is 1. The van der Waals surface area contributed by atoms with Gasteiger partial charge < -0.3 is 14.3 Å². The summed E-state index contributed by atoms with van der Waals surface area (Å²) in [5.74, 6) is -0.523. The first-order valence-corrected chi connectivity index (χ1v) is 9.05. The molecule has 1 fully saturated rings. The van der Waals surface area contributed by atoms with E-state index in [9.17, 15) is 22.4 Å². The van der Waals surface area contributed by atoms with Gasteiger partial charge >= 0.3 is 6.18 Å². The van der Waals surface area contributed by atoms with Crippen molar-refractivity contribution in [2.75, 3.05) is 6.61 Å². The van der Waals surface area contributed by atoms with Crippen molar-refractivity contribution in [3.05, 3.63) is 59.4 Å². The van der Waals surface area contributed by atoms with Gasteiger partial charge in [0.25, 0.3) is 0 Å². The lowest BCUT2D eigenvalue weighted by Gasteiger charge is -2.25. The van der Waals surface area contributed by atoms with Crippen molar-refractivity contribution in [2.24, 2.45) is 0 Å². The van der Waals surface area contributed by atoms with Crippen molar-refractivity contribution in [3.63, 3.8) is 0 Å². The maximum atomic E-state index is 13.6. The molecule has 1 unspecified atom stereocenters. The molecule has 0 radical (unpaired) electrons. The minimum atomic E-state index is -4.59. The fourth-order valence-corrected chi connectivity index (χ4v) is 3.21. The van der Waals surface area contributed by atoms with Crippen LogP contribution in [0.3, 0.4) is 0 Å². The number of rotatable bonds is 6. The van der Waals surface area contributed by atoms with Crippen LogP contribution in [0.5, 0.6) is 0 Å². The van der Waals surface area contributed by atoms with Gasteiger partial charge in [-0.3, -0.25) is 0 Å². The monoisotopic (exact) mass is 396 g/mol. The van der Waals surface area contributed by atoms with Crippen LogP contribution in [0.4, 0.5) is 17.6 Å². The fraction of sp³-hybridized carbons (Fsp3) is 0.381. The molecule has 28 heavy (non-hydrogen) atoms. The summed E-state index contributed by atoms with van der Waals surface area (Å²) < 4.78 is 64.9. The van der Waals surface area contributed by atoms with Gasteiger partial charge in [-0.05, 0) is 54.2 Å². The van der Waals surface area contributed by atoms with Gasteiger partial charge in [0.1, 0.15) is 18.2 Å². The quantitative estimate of drug-likeness (QED) is 0.500. The van der Waals surface area contributed by atoms with Gasteiger partial charge in [0, 0.05) is 13.0 Å². The van der Waals surface area contributed by atoms with Crippen molar-refractivity contribution < 1.29 is 31.8 Å². The Labute approximate surface area is 160 Å². The molecule has 1 aliphatic rings. The Morgan fingerprint density at radius 2 is 1.89 bits per heavy atom. The number of ether oxygens (including phenoxy) is 2. The molecule has 3 rings (SSSR count). The van der Waals surface area contributed by atoms with E-state index in [1.54, 1.807) is 0 Å². The maximum Gasteiger partial charge on any atom is 0.417 e. The normalized spacial score (nSPS) is 18.6. The zero-order valence-electron chi connectivity index (χ0n) is 15.0. The van der Waals surface area contributed by atoms with E-state index >= 15 is 0 Å². The van der Waals surface area contributed by atoms with Crippen LogP contribution >= 0.6 is 0 Å². The van der Waals surface area contributed by atoms with Crippen LogP contribution < -0.4 is 0 Å². The SMILES string of the molecule is O=C[C@H](Cc1ccc(-c2ccc(F)cc2)c(C(F)(F)F)c1)OC1CCCCO1. The van der Waals surface area contributed by atoms with Crippen molar-refractivity contribution in [1.29, 1.82) is 0 Å².